The highest BCUT2D eigenvalue weighted by Crippen LogP contribution is 2.23. The number of carboxylic acids is 2. The molecule has 0 fully saturated rings. The molecule has 36 heavy (non-hydrogen) atoms. The number of ether oxygens (including phenoxy) is 1. The molecular weight excluding hydrogens is 474 g/mol. The molecule has 0 saturated carbocycles. The van der Waals surface area contributed by atoms with Gasteiger partial charge in [-0.2, -0.15) is 10.2 Å². The fourth-order valence-electron chi connectivity index (χ4n) is 3.06. The molecule has 13 nitrogen and oxygen atoms in total. The van der Waals surface area contributed by atoms with E-state index in [1.807, 2.05) is 24.0 Å². The van der Waals surface area contributed by atoms with Crippen LogP contribution < -0.4 is 10.2 Å². The highest BCUT2D eigenvalue weighted by Gasteiger charge is 2.20. The molecule has 1 unspecified atom stereocenters. The minimum atomic E-state index is -1.31. The lowest BCUT2D eigenvalue weighted by atomic mass is 10.1. The number of carboxylic acid groups (broad SMARTS) is 2. The van der Waals surface area contributed by atoms with Crippen LogP contribution in [0.15, 0.2) is 58.8 Å². The first-order valence-electron chi connectivity index (χ1n) is 11.0. The van der Waals surface area contributed by atoms with Gasteiger partial charge in [-0.1, -0.05) is 0 Å². The first-order valence-corrected chi connectivity index (χ1v) is 11.0. The molecule has 0 bridgehead atoms. The van der Waals surface area contributed by atoms with Crippen molar-refractivity contribution in [3.05, 3.63) is 58.6 Å². The van der Waals surface area contributed by atoms with E-state index in [1.54, 1.807) is 12.1 Å². The predicted octanol–water partition coefficient (Wildman–Crippen LogP) is 3.29. The molecule has 2 aromatic rings. The van der Waals surface area contributed by atoms with Crippen molar-refractivity contribution in [2.24, 2.45) is 10.2 Å². The van der Waals surface area contributed by atoms with Crippen LogP contribution in [0.1, 0.15) is 19.8 Å². The first kappa shape index (κ1) is 27.9. The molecule has 2 rings (SSSR count). The molecular formula is C23H27N5O8. The number of nitro benzene ring substituents is 1. The number of anilines is 1. The van der Waals surface area contributed by atoms with Gasteiger partial charge in [0.15, 0.2) is 0 Å². The summed E-state index contributed by atoms with van der Waals surface area (Å²) in [4.78, 5) is 45.9. The van der Waals surface area contributed by atoms with E-state index in [2.05, 4.69) is 15.5 Å². The van der Waals surface area contributed by atoms with E-state index < -0.39 is 28.8 Å². The molecule has 0 spiro atoms. The third-order valence-electron chi connectivity index (χ3n) is 4.96. The van der Waals surface area contributed by atoms with Crippen LogP contribution in [0, 0.1) is 10.1 Å². The number of nitro groups is 1. The minimum absolute atomic E-state index is 0.0252. The van der Waals surface area contributed by atoms with Crippen molar-refractivity contribution >= 4 is 40.6 Å². The van der Waals surface area contributed by atoms with Gasteiger partial charge in [-0.3, -0.25) is 19.7 Å². The summed E-state index contributed by atoms with van der Waals surface area (Å²) in [5, 5.41) is 38.9. The number of hydrogen-bond donors (Lipinski definition) is 3. The second-order valence-electron chi connectivity index (χ2n) is 7.51. The minimum Gasteiger partial charge on any atom is -0.481 e. The number of non-ortho nitro benzene ring substituents is 1. The van der Waals surface area contributed by atoms with Gasteiger partial charge in [-0.15, -0.1) is 0 Å². The van der Waals surface area contributed by atoms with E-state index in [1.165, 1.54) is 24.3 Å². The van der Waals surface area contributed by atoms with Crippen molar-refractivity contribution in [2.75, 3.05) is 31.2 Å². The summed E-state index contributed by atoms with van der Waals surface area (Å²) in [6.45, 7) is 2.94. The second-order valence-corrected chi connectivity index (χ2v) is 7.51. The lowest BCUT2D eigenvalue weighted by Gasteiger charge is -2.23. The quantitative estimate of drug-likeness (QED) is 0.143. The Morgan fingerprint density at radius 2 is 1.64 bits per heavy atom. The summed E-state index contributed by atoms with van der Waals surface area (Å²) in [6.07, 6.45) is -0.593. The highest BCUT2D eigenvalue weighted by atomic mass is 16.6. The standard InChI is InChI=1S/C23H27N5O8/c1-2-27(13-14-36-15-21(29)24-20(23(32)33)11-12-22(30)31)18-7-3-16(4-8-18)25-26-17-5-9-19(10-6-17)28(34)35/h3-10,20H,2,11-15H2,1H3,(H,24,29)(H,30,31)(H,32,33)/b26-25+. The van der Waals surface area contributed by atoms with Crippen molar-refractivity contribution < 1.29 is 34.3 Å². The number of carbonyl (C=O) groups excluding carboxylic acids is 1. The third kappa shape index (κ3) is 9.46. The molecule has 1 amide bonds. The topological polar surface area (TPSA) is 184 Å². The van der Waals surface area contributed by atoms with Crippen LogP contribution >= 0.6 is 0 Å². The third-order valence-corrected chi connectivity index (χ3v) is 4.96. The molecule has 2 aromatic carbocycles. The number of rotatable bonds is 15. The van der Waals surface area contributed by atoms with Crippen molar-refractivity contribution in [1.82, 2.24) is 5.32 Å². The number of azo groups is 1. The lowest BCUT2D eigenvalue weighted by molar-refractivity contribution is -0.384. The van der Waals surface area contributed by atoms with Gasteiger partial charge in [0, 0.05) is 37.3 Å². The normalized spacial score (nSPS) is 11.7. The number of nitrogens with zero attached hydrogens (tertiary/aromatic N) is 4. The zero-order valence-electron chi connectivity index (χ0n) is 19.6. The maximum absolute atomic E-state index is 11.9. The molecule has 1 atom stereocenters. The zero-order chi connectivity index (χ0) is 26.5. The Morgan fingerprint density at radius 1 is 1.06 bits per heavy atom. The van der Waals surface area contributed by atoms with E-state index in [9.17, 15) is 24.5 Å². The van der Waals surface area contributed by atoms with Crippen molar-refractivity contribution in [2.45, 2.75) is 25.8 Å². The smallest absolute Gasteiger partial charge is 0.326 e. The summed E-state index contributed by atoms with van der Waals surface area (Å²) < 4.78 is 5.35. The van der Waals surface area contributed by atoms with Crippen molar-refractivity contribution in [3.63, 3.8) is 0 Å². The van der Waals surface area contributed by atoms with Crippen LogP contribution in [0.3, 0.4) is 0 Å². The summed E-state index contributed by atoms with van der Waals surface area (Å²) >= 11 is 0. The molecule has 0 radical (unpaired) electrons. The van der Waals surface area contributed by atoms with Gasteiger partial charge in [-0.25, -0.2) is 4.79 Å². The second kappa shape index (κ2) is 14.1. The number of hydrogen-bond acceptors (Lipinski definition) is 9. The van der Waals surface area contributed by atoms with Crippen LogP contribution in [0.4, 0.5) is 22.7 Å². The van der Waals surface area contributed by atoms with Crippen LogP contribution in [0.2, 0.25) is 0 Å². The molecule has 0 aromatic heterocycles. The number of likely N-dealkylation sites (N-methyl/N-ethyl adjacent to an activating group) is 1. The van der Waals surface area contributed by atoms with E-state index in [4.69, 9.17) is 14.9 Å². The maximum atomic E-state index is 11.9. The Labute approximate surface area is 206 Å². The van der Waals surface area contributed by atoms with Gasteiger partial charge >= 0.3 is 11.9 Å². The number of benzene rings is 2. The van der Waals surface area contributed by atoms with E-state index in [0.29, 0.717) is 24.5 Å². The van der Waals surface area contributed by atoms with Gasteiger partial charge in [0.2, 0.25) is 5.91 Å². The van der Waals surface area contributed by atoms with Crippen LogP contribution in [0.25, 0.3) is 0 Å². The fourth-order valence-corrected chi connectivity index (χ4v) is 3.06. The number of carbonyl (C=O) groups is 3. The molecule has 0 aliphatic heterocycles. The highest BCUT2D eigenvalue weighted by molar-refractivity contribution is 5.84. The molecule has 192 valence electrons. The molecule has 3 N–H and O–H groups in total. The van der Waals surface area contributed by atoms with Crippen LogP contribution in [0.5, 0.6) is 0 Å². The Bertz CT molecular complexity index is 1070. The Balaban J connectivity index is 1.81. The number of aliphatic carboxylic acids is 2. The first-order chi connectivity index (χ1) is 17.2. The summed E-state index contributed by atoms with van der Waals surface area (Å²) in [7, 11) is 0. The van der Waals surface area contributed by atoms with Crippen LogP contribution in [-0.4, -0.2) is 65.3 Å². The summed E-state index contributed by atoms with van der Waals surface area (Å²) in [5.41, 5.74) is 1.94. The van der Waals surface area contributed by atoms with Gasteiger partial charge < -0.3 is 25.2 Å². The number of nitrogens with one attached hydrogen (secondary N) is 1. The van der Waals surface area contributed by atoms with E-state index in [-0.39, 0.29) is 31.7 Å². The molecule has 0 heterocycles. The average molecular weight is 501 g/mol. The largest absolute Gasteiger partial charge is 0.481 e. The SMILES string of the molecule is CCN(CCOCC(=O)NC(CCC(=O)O)C(=O)O)c1ccc(/N=N/c2ccc([N+](=O)[O-])cc2)cc1. The molecule has 0 aliphatic rings. The van der Waals surface area contributed by atoms with Gasteiger partial charge in [0.05, 0.1) is 22.9 Å². The van der Waals surface area contributed by atoms with Crippen molar-refractivity contribution in [1.29, 1.82) is 0 Å². The molecule has 0 aliphatic carbocycles. The van der Waals surface area contributed by atoms with E-state index >= 15 is 0 Å². The summed E-state index contributed by atoms with van der Waals surface area (Å²) in [6, 6.07) is 11.7. The van der Waals surface area contributed by atoms with Crippen molar-refractivity contribution in [3.8, 4) is 0 Å². The Hall–Kier alpha value is -4.39. The van der Waals surface area contributed by atoms with Crippen LogP contribution in [-0.2, 0) is 19.1 Å². The lowest BCUT2D eigenvalue weighted by Crippen LogP contribution is -2.43. The zero-order valence-corrected chi connectivity index (χ0v) is 19.6. The molecule has 0 saturated heterocycles. The maximum Gasteiger partial charge on any atom is 0.326 e. The Morgan fingerprint density at radius 3 is 2.14 bits per heavy atom. The fraction of sp³-hybridized carbons (Fsp3) is 0.348. The van der Waals surface area contributed by atoms with Gasteiger partial charge in [0.25, 0.3) is 5.69 Å². The van der Waals surface area contributed by atoms with Gasteiger partial charge in [-0.05, 0) is 49.7 Å². The summed E-state index contributed by atoms with van der Waals surface area (Å²) in [5.74, 6) is -3.09. The van der Waals surface area contributed by atoms with Gasteiger partial charge in [0.1, 0.15) is 12.6 Å². The number of amides is 1. The average Bonchev–Trinajstić information content (AvgIpc) is 2.85. The monoisotopic (exact) mass is 501 g/mol. The Kier molecular flexibility index (Phi) is 10.9. The molecule has 13 heteroatoms. The predicted molar refractivity (Wildman–Crippen MR) is 129 cm³/mol. The van der Waals surface area contributed by atoms with E-state index in [0.717, 1.165) is 5.69 Å².